The number of aryl methyl sites for hydroxylation is 1. The minimum atomic E-state index is -3.56. The fraction of sp³-hybridized carbons (Fsp3) is 0.600. The molecule has 1 fully saturated rings. The fourth-order valence-corrected chi connectivity index (χ4v) is 4.27. The summed E-state index contributed by atoms with van der Waals surface area (Å²) < 4.78 is 25.4. The molecule has 0 amide bonds. The predicted molar refractivity (Wildman–Crippen MR) is 85.4 cm³/mol. The summed E-state index contributed by atoms with van der Waals surface area (Å²) in [4.78, 5) is 3.04. The number of rotatable bonds is 5. The van der Waals surface area contributed by atoms with E-state index >= 15 is 0 Å². The third-order valence-corrected chi connectivity index (χ3v) is 5.40. The minimum absolute atomic E-state index is 0.326. The van der Waals surface area contributed by atoms with Crippen molar-refractivity contribution in [3.63, 3.8) is 0 Å². The van der Waals surface area contributed by atoms with Crippen molar-refractivity contribution in [2.45, 2.75) is 50.8 Å². The number of hydrogen-bond donors (Lipinski definition) is 2. The molecular formula is C15H25N3O2S. The third-order valence-electron chi connectivity index (χ3n) is 3.96. The quantitative estimate of drug-likeness (QED) is 0.816. The van der Waals surface area contributed by atoms with Crippen LogP contribution in [0.5, 0.6) is 0 Å². The van der Waals surface area contributed by atoms with Gasteiger partial charge in [-0.25, -0.2) is 13.4 Å². The molecule has 0 bridgehead atoms. The van der Waals surface area contributed by atoms with Crippen LogP contribution < -0.4 is 10.6 Å². The van der Waals surface area contributed by atoms with Crippen LogP contribution in [-0.2, 0) is 22.9 Å². The monoisotopic (exact) mass is 311 g/mol. The van der Waals surface area contributed by atoms with Gasteiger partial charge in [-0.3, -0.25) is 0 Å². The summed E-state index contributed by atoms with van der Waals surface area (Å²) in [5, 5.41) is 1.80. The zero-order chi connectivity index (χ0) is 15.5. The van der Waals surface area contributed by atoms with Gasteiger partial charge in [0.15, 0.2) is 0 Å². The van der Waals surface area contributed by atoms with Gasteiger partial charge in [0.05, 0.1) is 4.90 Å². The Morgan fingerprint density at radius 3 is 2.38 bits per heavy atom. The summed E-state index contributed by atoms with van der Waals surface area (Å²) >= 11 is 0. The molecule has 1 aromatic rings. The van der Waals surface area contributed by atoms with E-state index < -0.39 is 10.0 Å². The first kappa shape index (κ1) is 16.3. The molecule has 1 aliphatic heterocycles. The van der Waals surface area contributed by atoms with E-state index in [0.717, 1.165) is 44.3 Å². The largest absolute Gasteiger partial charge is 0.398 e. The number of nitrogen functional groups attached to an aromatic ring is 1. The Labute approximate surface area is 127 Å². The van der Waals surface area contributed by atoms with Gasteiger partial charge >= 0.3 is 0 Å². The van der Waals surface area contributed by atoms with Crippen LogP contribution in [-0.4, -0.2) is 26.5 Å². The molecule has 21 heavy (non-hydrogen) atoms. The highest BCUT2D eigenvalue weighted by Crippen LogP contribution is 2.25. The Morgan fingerprint density at radius 2 is 1.81 bits per heavy atom. The van der Waals surface area contributed by atoms with Gasteiger partial charge in [-0.1, -0.05) is 20.3 Å². The Kier molecular flexibility index (Phi) is 5.24. The lowest BCUT2D eigenvalue weighted by atomic mass is 10.1. The summed E-state index contributed by atoms with van der Waals surface area (Å²) in [6, 6.07) is 3.63. The molecule has 2 rings (SSSR count). The number of nitrogens with zero attached hydrogens (tertiary/aromatic N) is 1. The van der Waals surface area contributed by atoms with Gasteiger partial charge in [0.25, 0.3) is 10.0 Å². The molecule has 3 N–H and O–H groups in total. The van der Waals surface area contributed by atoms with Gasteiger partial charge in [-0.15, -0.1) is 4.83 Å². The van der Waals surface area contributed by atoms with Crippen LogP contribution in [0.2, 0.25) is 0 Å². The molecule has 0 aliphatic carbocycles. The number of benzene rings is 1. The van der Waals surface area contributed by atoms with Crippen LogP contribution in [0.4, 0.5) is 5.69 Å². The van der Waals surface area contributed by atoms with Crippen molar-refractivity contribution in [1.82, 2.24) is 9.84 Å². The number of hydrazine groups is 1. The van der Waals surface area contributed by atoms with Crippen LogP contribution in [0, 0.1) is 0 Å². The van der Waals surface area contributed by atoms with Crippen molar-refractivity contribution in [2.75, 3.05) is 18.8 Å². The number of piperidine rings is 1. The number of sulfonamides is 1. The Balaban J connectivity index is 2.35. The highest BCUT2D eigenvalue weighted by atomic mass is 32.2. The number of nitrogens with two attached hydrogens (primary N) is 1. The third kappa shape index (κ3) is 3.75. The zero-order valence-electron chi connectivity index (χ0n) is 12.9. The lowest BCUT2D eigenvalue weighted by Crippen LogP contribution is -2.45. The summed E-state index contributed by atoms with van der Waals surface area (Å²) in [6.45, 7) is 5.46. The van der Waals surface area contributed by atoms with Gasteiger partial charge in [-0.05, 0) is 48.9 Å². The Bertz CT molecular complexity index is 593. The molecule has 0 unspecified atom stereocenters. The maximum atomic E-state index is 12.7. The standard InChI is InChI=1S/C15H25N3O2S/c1-3-12-10-14(16)13(4-2)15(11-12)21(19,20)17-18-8-6-5-7-9-18/h10-11,17H,3-9,16H2,1-2H3. The molecule has 118 valence electrons. The molecule has 1 aliphatic rings. The van der Waals surface area contributed by atoms with Crippen molar-refractivity contribution in [2.24, 2.45) is 0 Å². The van der Waals surface area contributed by atoms with E-state index in [1.165, 1.54) is 0 Å². The van der Waals surface area contributed by atoms with E-state index in [1.54, 1.807) is 11.1 Å². The molecular weight excluding hydrogens is 286 g/mol. The van der Waals surface area contributed by atoms with E-state index in [1.807, 2.05) is 19.9 Å². The van der Waals surface area contributed by atoms with Gasteiger partial charge in [0.1, 0.15) is 0 Å². The molecule has 0 radical (unpaired) electrons. The number of nitrogens with one attached hydrogen (secondary N) is 1. The summed E-state index contributed by atoms with van der Waals surface area (Å²) in [5.74, 6) is 0. The lowest BCUT2D eigenvalue weighted by molar-refractivity contribution is 0.200. The second-order valence-electron chi connectivity index (χ2n) is 5.51. The normalized spacial score (nSPS) is 17.0. The lowest BCUT2D eigenvalue weighted by Gasteiger charge is -2.27. The molecule has 5 nitrogen and oxygen atoms in total. The zero-order valence-corrected chi connectivity index (χ0v) is 13.7. The van der Waals surface area contributed by atoms with Crippen LogP contribution in [0.25, 0.3) is 0 Å². The molecule has 1 saturated heterocycles. The minimum Gasteiger partial charge on any atom is -0.398 e. The first-order valence-corrected chi connectivity index (χ1v) is 9.15. The molecule has 0 aromatic heterocycles. The van der Waals surface area contributed by atoms with Crippen LogP contribution >= 0.6 is 0 Å². The van der Waals surface area contributed by atoms with Crippen molar-refractivity contribution in [3.05, 3.63) is 23.3 Å². The topological polar surface area (TPSA) is 75.4 Å². The maximum absolute atomic E-state index is 12.7. The molecule has 0 atom stereocenters. The molecule has 0 spiro atoms. The van der Waals surface area contributed by atoms with Gasteiger partial charge in [0, 0.05) is 18.8 Å². The van der Waals surface area contributed by atoms with E-state index in [2.05, 4.69) is 4.83 Å². The van der Waals surface area contributed by atoms with Crippen LogP contribution in [0.15, 0.2) is 17.0 Å². The first-order valence-electron chi connectivity index (χ1n) is 7.66. The second kappa shape index (κ2) is 6.77. The Hall–Kier alpha value is -1.11. The van der Waals surface area contributed by atoms with Crippen molar-refractivity contribution < 1.29 is 8.42 Å². The summed E-state index contributed by atoms with van der Waals surface area (Å²) in [6.07, 6.45) is 4.59. The van der Waals surface area contributed by atoms with E-state index in [0.29, 0.717) is 22.6 Å². The van der Waals surface area contributed by atoms with Crippen LogP contribution in [0.3, 0.4) is 0 Å². The van der Waals surface area contributed by atoms with E-state index in [-0.39, 0.29) is 0 Å². The number of hydrogen-bond acceptors (Lipinski definition) is 4. The average molecular weight is 311 g/mol. The SMILES string of the molecule is CCc1cc(N)c(CC)c(S(=O)(=O)NN2CCCCC2)c1. The summed E-state index contributed by atoms with van der Waals surface area (Å²) in [5.41, 5.74) is 8.25. The van der Waals surface area contributed by atoms with Crippen LogP contribution in [0.1, 0.15) is 44.2 Å². The highest BCUT2D eigenvalue weighted by Gasteiger charge is 2.23. The van der Waals surface area contributed by atoms with Gasteiger partial charge < -0.3 is 5.73 Å². The predicted octanol–water partition coefficient (Wildman–Crippen LogP) is 2.07. The summed E-state index contributed by atoms with van der Waals surface area (Å²) in [7, 11) is -3.56. The van der Waals surface area contributed by atoms with Crippen molar-refractivity contribution >= 4 is 15.7 Å². The Morgan fingerprint density at radius 1 is 1.14 bits per heavy atom. The molecule has 1 heterocycles. The smallest absolute Gasteiger partial charge is 0.253 e. The fourth-order valence-electron chi connectivity index (χ4n) is 2.75. The van der Waals surface area contributed by atoms with E-state index in [4.69, 9.17) is 5.73 Å². The van der Waals surface area contributed by atoms with Crippen molar-refractivity contribution in [1.29, 1.82) is 0 Å². The number of anilines is 1. The molecule has 0 saturated carbocycles. The second-order valence-corrected chi connectivity index (χ2v) is 7.14. The average Bonchev–Trinajstić information content (AvgIpc) is 2.47. The van der Waals surface area contributed by atoms with Crippen molar-refractivity contribution in [3.8, 4) is 0 Å². The highest BCUT2D eigenvalue weighted by molar-refractivity contribution is 7.89. The maximum Gasteiger partial charge on any atom is 0.253 e. The van der Waals surface area contributed by atoms with Gasteiger partial charge in [0.2, 0.25) is 0 Å². The van der Waals surface area contributed by atoms with Gasteiger partial charge in [-0.2, -0.15) is 0 Å². The molecule has 6 heteroatoms. The first-order chi connectivity index (χ1) is 9.97. The van der Waals surface area contributed by atoms with E-state index in [9.17, 15) is 8.42 Å². The molecule has 1 aromatic carbocycles.